The van der Waals surface area contributed by atoms with Crippen LogP contribution in [0.4, 0.5) is 0 Å². The van der Waals surface area contributed by atoms with E-state index in [0.29, 0.717) is 0 Å². The number of unbranched alkanes of at least 4 members (excludes halogenated alkanes) is 3. The smallest absolute Gasteiger partial charge is 0.334 e. The van der Waals surface area contributed by atoms with Crippen LogP contribution in [0.5, 0.6) is 0 Å². The molecular formula is C20H28O2S2. The van der Waals surface area contributed by atoms with Gasteiger partial charge in [-0.2, -0.15) is 0 Å². The molecule has 0 aromatic carbocycles. The summed E-state index contributed by atoms with van der Waals surface area (Å²) in [5.41, 5.74) is 0.745. The number of carbonyl (C=O) groups excluding carboxylic acids is 1. The zero-order valence-corrected chi connectivity index (χ0v) is 16.6. The van der Waals surface area contributed by atoms with Gasteiger partial charge in [0.2, 0.25) is 0 Å². The highest BCUT2D eigenvalue weighted by Crippen LogP contribution is 2.40. The average Bonchev–Trinajstić information content (AvgIpc) is 3.24. The third-order valence-electron chi connectivity index (χ3n) is 4.40. The van der Waals surface area contributed by atoms with E-state index in [1.165, 1.54) is 25.7 Å². The van der Waals surface area contributed by atoms with Crippen molar-refractivity contribution < 1.29 is 9.53 Å². The molecule has 2 atom stereocenters. The van der Waals surface area contributed by atoms with Gasteiger partial charge in [0.05, 0.1) is 0 Å². The summed E-state index contributed by atoms with van der Waals surface area (Å²) in [5.74, 6) is 0.832. The van der Waals surface area contributed by atoms with E-state index in [-0.39, 0.29) is 17.5 Å². The summed E-state index contributed by atoms with van der Waals surface area (Å²) < 4.78 is 5.63. The largest absolute Gasteiger partial charge is 0.454 e. The highest BCUT2D eigenvalue weighted by atomic mass is 32.2. The van der Waals surface area contributed by atoms with E-state index in [1.807, 2.05) is 43.1 Å². The second-order valence-corrected chi connectivity index (χ2v) is 8.42. The number of thioether (sulfide) groups is 1. The first-order valence-electron chi connectivity index (χ1n) is 8.79. The molecule has 2 unspecified atom stereocenters. The van der Waals surface area contributed by atoms with Crippen molar-refractivity contribution in [3.05, 3.63) is 45.5 Å². The molecule has 0 fully saturated rings. The Morgan fingerprint density at radius 2 is 2.25 bits per heavy atom. The summed E-state index contributed by atoms with van der Waals surface area (Å²) in [6.07, 6.45) is 10.3. The Morgan fingerprint density at radius 1 is 1.42 bits per heavy atom. The lowest BCUT2D eigenvalue weighted by Crippen LogP contribution is -2.19. The van der Waals surface area contributed by atoms with Crippen LogP contribution < -0.4 is 0 Å². The summed E-state index contributed by atoms with van der Waals surface area (Å²) >= 11 is 3.46. The Balaban J connectivity index is 1.97. The van der Waals surface area contributed by atoms with Crippen molar-refractivity contribution in [3.63, 3.8) is 0 Å². The van der Waals surface area contributed by atoms with Crippen molar-refractivity contribution in [2.24, 2.45) is 5.41 Å². The number of hydrogen-bond acceptors (Lipinski definition) is 4. The van der Waals surface area contributed by atoms with E-state index in [4.69, 9.17) is 4.74 Å². The molecule has 1 aromatic heterocycles. The monoisotopic (exact) mass is 364 g/mol. The minimum absolute atomic E-state index is 0.0215. The van der Waals surface area contributed by atoms with Gasteiger partial charge in [-0.1, -0.05) is 50.8 Å². The first-order chi connectivity index (χ1) is 11.6. The third-order valence-corrected chi connectivity index (χ3v) is 6.46. The standard InChI is InChI=1S/C20H28O2S2/c1-4-5-6-7-10-20(11-13-23-15-20)14-16(2)19(21)22-17(3)18-9-8-12-24-18/h8-9,11-14,17H,4-7,10,15H2,1-3H3. The lowest BCUT2D eigenvalue weighted by Gasteiger charge is -2.24. The number of ether oxygens (including phenoxy) is 1. The molecule has 132 valence electrons. The SMILES string of the molecule is CCCCCCC1(C=C(C)C(=O)OC(C)c2cccs2)C=CSC1. The van der Waals surface area contributed by atoms with Crippen LogP contribution in [0.3, 0.4) is 0 Å². The normalized spacial score (nSPS) is 21.9. The minimum atomic E-state index is -0.200. The zero-order valence-electron chi connectivity index (χ0n) is 14.9. The molecular weight excluding hydrogens is 336 g/mol. The van der Waals surface area contributed by atoms with Gasteiger partial charge in [-0.3, -0.25) is 0 Å². The van der Waals surface area contributed by atoms with Gasteiger partial charge in [0.15, 0.2) is 0 Å². The van der Waals surface area contributed by atoms with E-state index < -0.39 is 0 Å². The fourth-order valence-electron chi connectivity index (χ4n) is 2.96. The van der Waals surface area contributed by atoms with Crippen LogP contribution in [-0.2, 0) is 9.53 Å². The van der Waals surface area contributed by atoms with Gasteiger partial charge in [0.1, 0.15) is 6.10 Å². The number of allylic oxidation sites excluding steroid dienone is 2. The highest BCUT2D eigenvalue weighted by Gasteiger charge is 2.29. The Kier molecular flexibility index (Phi) is 7.63. The Labute approximate surface area is 154 Å². The van der Waals surface area contributed by atoms with Crippen molar-refractivity contribution in [2.45, 2.75) is 59.0 Å². The lowest BCUT2D eigenvalue weighted by atomic mass is 9.83. The maximum absolute atomic E-state index is 12.4. The van der Waals surface area contributed by atoms with Gasteiger partial charge < -0.3 is 4.74 Å². The van der Waals surface area contributed by atoms with Crippen LogP contribution >= 0.6 is 23.1 Å². The van der Waals surface area contributed by atoms with Gasteiger partial charge in [-0.25, -0.2) is 4.79 Å². The average molecular weight is 365 g/mol. The number of rotatable bonds is 9. The Hall–Kier alpha value is -1.00. The fourth-order valence-corrected chi connectivity index (χ4v) is 4.77. The predicted octanol–water partition coefficient (Wildman–Crippen LogP) is 6.52. The number of thiophene rings is 1. The molecule has 0 bridgehead atoms. The minimum Gasteiger partial charge on any atom is -0.454 e. The first-order valence-corrected chi connectivity index (χ1v) is 10.7. The first kappa shape index (κ1) is 19.3. The molecule has 0 amide bonds. The fraction of sp³-hybridized carbons (Fsp3) is 0.550. The van der Waals surface area contributed by atoms with Crippen LogP contribution in [0.1, 0.15) is 63.9 Å². The molecule has 0 N–H and O–H groups in total. The molecule has 1 aromatic rings. The van der Waals surface area contributed by atoms with E-state index in [1.54, 1.807) is 11.3 Å². The molecule has 2 rings (SSSR count). The maximum Gasteiger partial charge on any atom is 0.334 e. The van der Waals surface area contributed by atoms with E-state index in [0.717, 1.165) is 22.6 Å². The quantitative estimate of drug-likeness (QED) is 0.283. The summed E-state index contributed by atoms with van der Waals surface area (Å²) in [6, 6.07) is 3.99. The van der Waals surface area contributed by atoms with Gasteiger partial charge >= 0.3 is 5.97 Å². The van der Waals surface area contributed by atoms with Crippen molar-refractivity contribution in [3.8, 4) is 0 Å². The summed E-state index contributed by atoms with van der Waals surface area (Å²) in [6.45, 7) is 6.05. The molecule has 2 nitrogen and oxygen atoms in total. The second-order valence-electron chi connectivity index (χ2n) is 6.55. The van der Waals surface area contributed by atoms with Gasteiger partial charge in [-0.15, -0.1) is 23.1 Å². The number of hydrogen-bond donors (Lipinski definition) is 0. The molecule has 0 radical (unpaired) electrons. The molecule has 1 aliphatic heterocycles. The van der Waals surface area contributed by atoms with E-state index in [9.17, 15) is 4.79 Å². The van der Waals surface area contributed by atoms with E-state index in [2.05, 4.69) is 24.5 Å². The molecule has 0 saturated carbocycles. The molecule has 1 aliphatic rings. The van der Waals surface area contributed by atoms with E-state index >= 15 is 0 Å². The molecule has 2 heterocycles. The molecule has 4 heteroatoms. The summed E-state index contributed by atoms with van der Waals surface area (Å²) in [5, 5.41) is 4.18. The van der Waals surface area contributed by atoms with Crippen LogP contribution in [0.2, 0.25) is 0 Å². The van der Waals surface area contributed by atoms with Crippen molar-refractivity contribution in [1.82, 2.24) is 0 Å². The van der Waals surface area contributed by atoms with Crippen LogP contribution in [0.15, 0.2) is 40.6 Å². The van der Waals surface area contributed by atoms with Crippen molar-refractivity contribution in [1.29, 1.82) is 0 Å². The zero-order chi connectivity index (χ0) is 17.4. The topological polar surface area (TPSA) is 26.3 Å². The van der Waals surface area contributed by atoms with Crippen molar-refractivity contribution in [2.75, 3.05) is 5.75 Å². The van der Waals surface area contributed by atoms with Gasteiger partial charge in [-0.05, 0) is 37.1 Å². The maximum atomic E-state index is 12.4. The lowest BCUT2D eigenvalue weighted by molar-refractivity contribution is -0.143. The predicted molar refractivity (Wildman–Crippen MR) is 105 cm³/mol. The van der Waals surface area contributed by atoms with Gasteiger partial charge in [0.25, 0.3) is 0 Å². The summed E-state index contributed by atoms with van der Waals surface area (Å²) in [7, 11) is 0. The molecule has 0 spiro atoms. The number of carbonyl (C=O) groups is 1. The second kappa shape index (κ2) is 9.47. The summed E-state index contributed by atoms with van der Waals surface area (Å²) in [4.78, 5) is 13.5. The number of esters is 1. The van der Waals surface area contributed by atoms with Gasteiger partial charge in [0, 0.05) is 21.6 Å². The van der Waals surface area contributed by atoms with Crippen LogP contribution in [0, 0.1) is 5.41 Å². The van der Waals surface area contributed by atoms with Crippen LogP contribution in [-0.4, -0.2) is 11.7 Å². The Bertz CT molecular complexity index is 574. The molecule has 0 aliphatic carbocycles. The third kappa shape index (κ3) is 5.52. The molecule has 0 saturated heterocycles. The van der Waals surface area contributed by atoms with Crippen molar-refractivity contribution >= 4 is 29.1 Å². The van der Waals surface area contributed by atoms with Crippen LogP contribution in [0.25, 0.3) is 0 Å². The molecule has 24 heavy (non-hydrogen) atoms. The Morgan fingerprint density at radius 3 is 2.88 bits per heavy atom. The highest BCUT2D eigenvalue weighted by molar-refractivity contribution is 8.02.